The lowest BCUT2D eigenvalue weighted by atomic mass is 9.82. The van der Waals surface area contributed by atoms with Crippen molar-refractivity contribution in [1.29, 1.82) is 0 Å². The summed E-state index contributed by atoms with van der Waals surface area (Å²) in [4.78, 5) is 39.4. The van der Waals surface area contributed by atoms with Crippen molar-refractivity contribution in [2.45, 2.75) is 37.6 Å². The number of benzene rings is 1. The summed E-state index contributed by atoms with van der Waals surface area (Å²) in [6, 6.07) is 8.58. The molecule has 0 unspecified atom stereocenters. The summed E-state index contributed by atoms with van der Waals surface area (Å²) in [5, 5.41) is 4.75. The SMILES string of the molecule is O=C(CN1CCN(S(=O)(=O)/C=C/c2ccccc2)CC1)NN1C(=O)NC2(CCCCC2)C1=O. The van der Waals surface area contributed by atoms with Crippen LogP contribution in [0.5, 0.6) is 0 Å². The Morgan fingerprint density at radius 3 is 2.36 bits per heavy atom. The van der Waals surface area contributed by atoms with Crippen LogP contribution in [0, 0.1) is 0 Å². The Morgan fingerprint density at radius 2 is 1.70 bits per heavy atom. The normalized spacial score (nSPS) is 22.1. The van der Waals surface area contributed by atoms with Gasteiger partial charge in [-0.05, 0) is 24.5 Å². The highest BCUT2D eigenvalue weighted by Crippen LogP contribution is 2.33. The zero-order valence-corrected chi connectivity index (χ0v) is 19.2. The molecular formula is C22H29N5O5S. The van der Waals surface area contributed by atoms with Crippen molar-refractivity contribution < 1.29 is 22.8 Å². The molecule has 0 atom stereocenters. The second-order valence-corrected chi connectivity index (χ2v) is 10.5. The van der Waals surface area contributed by atoms with E-state index in [0.717, 1.165) is 29.8 Å². The van der Waals surface area contributed by atoms with Crippen molar-refractivity contribution in [1.82, 2.24) is 25.0 Å². The molecule has 178 valence electrons. The molecule has 0 aromatic heterocycles. The molecule has 0 radical (unpaired) electrons. The number of hydrazine groups is 1. The Morgan fingerprint density at radius 1 is 1.03 bits per heavy atom. The fraction of sp³-hybridized carbons (Fsp3) is 0.500. The van der Waals surface area contributed by atoms with Crippen LogP contribution in [0.15, 0.2) is 35.7 Å². The zero-order valence-electron chi connectivity index (χ0n) is 18.4. The maximum atomic E-state index is 12.8. The summed E-state index contributed by atoms with van der Waals surface area (Å²) in [5.74, 6) is -0.881. The lowest BCUT2D eigenvalue weighted by Crippen LogP contribution is -2.54. The lowest BCUT2D eigenvalue weighted by molar-refractivity contribution is -0.140. The van der Waals surface area contributed by atoms with Gasteiger partial charge < -0.3 is 5.32 Å². The third-order valence-corrected chi connectivity index (χ3v) is 7.96. The molecule has 33 heavy (non-hydrogen) atoms. The van der Waals surface area contributed by atoms with Crippen molar-refractivity contribution in [3.8, 4) is 0 Å². The number of amides is 4. The zero-order chi connectivity index (χ0) is 23.5. The largest absolute Gasteiger partial charge is 0.344 e. The van der Waals surface area contributed by atoms with E-state index in [-0.39, 0.29) is 19.6 Å². The molecule has 1 aromatic carbocycles. The van der Waals surface area contributed by atoms with E-state index in [4.69, 9.17) is 0 Å². The van der Waals surface area contributed by atoms with Gasteiger partial charge in [-0.15, -0.1) is 0 Å². The molecule has 2 saturated heterocycles. The van der Waals surface area contributed by atoms with Crippen LogP contribution in [0.3, 0.4) is 0 Å². The van der Waals surface area contributed by atoms with Gasteiger partial charge >= 0.3 is 6.03 Å². The Hall–Kier alpha value is -2.76. The first-order valence-electron chi connectivity index (χ1n) is 11.2. The number of rotatable bonds is 6. The molecule has 0 bridgehead atoms. The molecule has 1 aliphatic carbocycles. The van der Waals surface area contributed by atoms with Crippen molar-refractivity contribution in [3.63, 3.8) is 0 Å². The number of urea groups is 1. The number of nitrogens with zero attached hydrogens (tertiary/aromatic N) is 3. The molecule has 10 nitrogen and oxygen atoms in total. The molecule has 2 N–H and O–H groups in total. The van der Waals surface area contributed by atoms with Crippen LogP contribution in [-0.4, -0.2) is 78.7 Å². The first kappa shape index (κ1) is 23.4. The van der Waals surface area contributed by atoms with Gasteiger partial charge in [0.05, 0.1) is 6.54 Å². The van der Waals surface area contributed by atoms with Crippen LogP contribution < -0.4 is 10.7 Å². The fourth-order valence-corrected chi connectivity index (χ4v) is 5.71. The monoisotopic (exact) mass is 475 g/mol. The van der Waals surface area contributed by atoms with Crippen LogP contribution >= 0.6 is 0 Å². The van der Waals surface area contributed by atoms with Crippen molar-refractivity contribution in [2.24, 2.45) is 0 Å². The Kier molecular flexibility index (Phi) is 6.82. The van der Waals surface area contributed by atoms with Gasteiger partial charge in [-0.2, -0.15) is 9.31 Å². The van der Waals surface area contributed by atoms with Crippen molar-refractivity contribution in [2.75, 3.05) is 32.7 Å². The number of piperazine rings is 1. The van der Waals surface area contributed by atoms with E-state index in [1.165, 1.54) is 9.71 Å². The molecule has 11 heteroatoms. The van der Waals surface area contributed by atoms with Gasteiger partial charge in [0.15, 0.2) is 0 Å². The molecular weight excluding hydrogens is 446 g/mol. The maximum Gasteiger partial charge on any atom is 0.344 e. The summed E-state index contributed by atoms with van der Waals surface area (Å²) in [7, 11) is -3.56. The van der Waals surface area contributed by atoms with Gasteiger partial charge in [-0.3, -0.25) is 19.9 Å². The van der Waals surface area contributed by atoms with E-state index in [2.05, 4.69) is 10.7 Å². The van der Waals surface area contributed by atoms with E-state index in [1.54, 1.807) is 11.0 Å². The summed E-state index contributed by atoms with van der Waals surface area (Å²) in [6.45, 7) is 1.21. The van der Waals surface area contributed by atoms with Crippen LogP contribution in [0.2, 0.25) is 0 Å². The predicted octanol–water partition coefficient (Wildman–Crippen LogP) is 0.891. The number of carbonyl (C=O) groups is 3. The minimum absolute atomic E-state index is 0.0300. The molecule has 1 aromatic rings. The smallest absolute Gasteiger partial charge is 0.322 e. The first-order valence-corrected chi connectivity index (χ1v) is 12.7. The minimum atomic E-state index is -3.56. The number of sulfonamides is 1. The molecule has 3 fully saturated rings. The Bertz CT molecular complexity index is 1030. The Labute approximate surface area is 193 Å². The highest BCUT2D eigenvalue weighted by Gasteiger charge is 2.52. The van der Waals surface area contributed by atoms with Crippen LogP contribution in [0.25, 0.3) is 6.08 Å². The van der Waals surface area contributed by atoms with Crippen molar-refractivity contribution >= 4 is 33.9 Å². The minimum Gasteiger partial charge on any atom is -0.322 e. The quantitative estimate of drug-likeness (QED) is 0.590. The van der Waals surface area contributed by atoms with Gasteiger partial charge in [-0.1, -0.05) is 49.6 Å². The van der Waals surface area contributed by atoms with Gasteiger partial charge in [-0.25, -0.2) is 13.2 Å². The summed E-state index contributed by atoms with van der Waals surface area (Å²) >= 11 is 0. The highest BCUT2D eigenvalue weighted by atomic mass is 32.2. The van der Waals surface area contributed by atoms with Gasteiger partial charge in [0.1, 0.15) is 5.54 Å². The number of carbonyl (C=O) groups excluding carboxylic acids is 3. The van der Waals surface area contributed by atoms with E-state index >= 15 is 0 Å². The molecule has 3 aliphatic rings. The summed E-state index contributed by atoms with van der Waals surface area (Å²) in [6.07, 6.45) is 5.48. The number of hydrogen-bond acceptors (Lipinski definition) is 6. The van der Waals surface area contributed by atoms with Gasteiger partial charge in [0.2, 0.25) is 10.0 Å². The highest BCUT2D eigenvalue weighted by molar-refractivity contribution is 7.92. The topological polar surface area (TPSA) is 119 Å². The fourth-order valence-electron chi connectivity index (χ4n) is 4.54. The number of nitrogens with one attached hydrogen (secondary N) is 2. The van der Waals surface area contributed by atoms with Crippen LogP contribution in [-0.2, 0) is 19.6 Å². The molecule has 2 heterocycles. The van der Waals surface area contributed by atoms with Gasteiger partial charge in [0, 0.05) is 31.6 Å². The molecule has 1 saturated carbocycles. The third-order valence-electron chi connectivity index (χ3n) is 6.40. The second-order valence-electron chi connectivity index (χ2n) is 8.68. The van der Waals surface area contributed by atoms with E-state index in [0.29, 0.717) is 25.9 Å². The van der Waals surface area contributed by atoms with E-state index in [9.17, 15) is 22.8 Å². The predicted molar refractivity (Wildman–Crippen MR) is 122 cm³/mol. The maximum absolute atomic E-state index is 12.8. The van der Waals surface area contributed by atoms with E-state index < -0.39 is 33.4 Å². The molecule has 4 amide bonds. The number of imide groups is 1. The summed E-state index contributed by atoms with van der Waals surface area (Å²) in [5.41, 5.74) is 2.33. The summed E-state index contributed by atoms with van der Waals surface area (Å²) < 4.78 is 26.6. The second kappa shape index (κ2) is 9.62. The average molecular weight is 476 g/mol. The lowest BCUT2D eigenvalue weighted by Gasteiger charge is -2.33. The standard InChI is InChI=1S/C22H29N5O5S/c28-19(24-27-20(29)22(23-21(27)30)10-5-2-6-11-22)17-25-12-14-26(15-13-25)33(31,32)16-9-18-7-3-1-4-8-18/h1,3-4,7-9,16H,2,5-6,10-15,17H2,(H,23,30)(H,24,28)/b16-9+. The molecule has 1 spiro atoms. The third kappa shape index (κ3) is 5.26. The van der Waals surface area contributed by atoms with Crippen LogP contribution in [0.1, 0.15) is 37.7 Å². The Balaban J connectivity index is 1.27. The average Bonchev–Trinajstić information content (AvgIpc) is 3.03. The first-order chi connectivity index (χ1) is 15.8. The molecule has 2 aliphatic heterocycles. The van der Waals surface area contributed by atoms with Gasteiger partial charge in [0.25, 0.3) is 11.8 Å². The van der Waals surface area contributed by atoms with E-state index in [1.807, 2.05) is 30.3 Å². The van der Waals surface area contributed by atoms with Crippen LogP contribution in [0.4, 0.5) is 4.79 Å². The van der Waals surface area contributed by atoms with Crippen molar-refractivity contribution in [3.05, 3.63) is 41.3 Å². The molecule has 4 rings (SSSR count). The number of hydrogen-bond donors (Lipinski definition) is 2.